The lowest BCUT2D eigenvalue weighted by Gasteiger charge is -2.21. The topological polar surface area (TPSA) is 78.5 Å². The van der Waals surface area contributed by atoms with E-state index in [2.05, 4.69) is 26.6 Å². The second-order valence-corrected chi connectivity index (χ2v) is 7.37. The van der Waals surface area contributed by atoms with Gasteiger partial charge in [-0.1, -0.05) is 28.1 Å². The molecule has 3 amide bonds. The van der Waals surface area contributed by atoms with Crippen LogP contribution >= 0.6 is 15.9 Å². The zero-order valence-electron chi connectivity index (χ0n) is 14.1. The van der Waals surface area contributed by atoms with Gasteiger partial charge in [-0.05, 0) is 36.2 Å². The number of halogens is 2. The molecule has 2 N–H and O–H groups in total. The van der Waals surface area contributed by atoms with Crippen molar-refractivity contribution in [3.8, 4) is 0 Å². The first-order valence-corrected chi connectivity index (χ1v) is 9.22. The Hall–Kier alpha value is -2.74. The molecule has 0 radical (unpaired) electrons. The van der Waals surface area contributed by atoms with Crippen molar-refractivity contribution in [3.05, 3.63) is 57.8 Å². The van der Waals surface area contributed by atoms with Crippen molar-refractivity contribution in [2.24, 2.45) is 0 Å². The zero-order chi connectivity index (χ0) is 19.1. The fourth-order valence-corrected chi connectivity index (χ4v) is 3.92. The first-order chi connectivity index (χ1) is 12.9. The minimum atomic E-state index is -1.03. The van der Waals surface area contributed by atoms with Gasteiger partial charge in [-0.2, -0.15) is 0 Å². The Bertz CT molecular complexity index is 979. The molecule has 0 unspecified atom stereocenters. The van der Waals surface area contributed by atoms with E-state index < -0.39 is 29.6 Å². The standard InChI is InChI=1S/C19H15BrFN3O3/c20-11-7-10-5-6-24(17(10)13(21)8-11)16(25)9-15-19(27)22-14-4-2-1-3-12(14)18(26)23-15/h1-4,7-8,15H,5-6,9H2,(H,22,27)(H,23,26)/t15-/m0/s1. The molecule has 1 atom stereocenters. The molecule has 2 aliphatic heterocycles. The van der Waals surface area contributed by atoms with Gasteiger partial charge in [-0.25, -0.2) is 4.39 Å². The number of para-hydroxylation sites is 1. The van der Waals surface area contributed by atoms with E-state index in [4.69, 9.17) is 0 Å². The minimum Gasteiger partial charge on any atom is -0.340 e. The summed E-state index contributed by atoms with van der Waals surface area (Å²) >= 11 is 3.25. The molecule has 2 aromatic rings. The number of amides is 3. The Balaban J connectivity index is 1.55. The molecule has 138 valence electrons. The van der Waals surface area contributed by atoms with E-state index in [1.807, 2.05) is 0 Å². The van der Waals surface area contributed by atoms with Crippen LogP contribution in [0.2, 0.25) is 0 Å². The highest BCUT2D eigenvalue weighted by molar-refractivity contribution is 9.10. The van der Waals surface area contributed by atoms with Gasteiger partial charge >= 0.3 is 0 Å². The van der Waals surface area contributed by atoms with Crippen molar-refractivity contribution in [2.45, 2.75) is 18.9 Å². The lowest BCUT2D eigenvalue weighted by molar-refractivity contribution is -0.124. The highest BCUT2D eigenvalue weighted by Gasteiger charge is 2.34. The molecule has 0 fully saturated rings. The van der Waals surface area contributed by atoms with Crippen molar-refractivity contribution in [2.75, 3.05) is 16.8 Å². The van der Waals surface area contributed by atoms with E-state index in [-0.39, 0.29) is 12.1 Å². The number of nitrogens with one attached hydrogen (secondary N) is 2. The van der Waals surface area contributed by atoms with Crippen LogP contribution in [0.15, 0.2) is 40.9 Å². The SMILES string of the molecule is O=C1N[C@@H](CC(=O)N2CCc3cc(Br)cc(F)c32)C(=O)Nc2ccccc21. The van der Waals surface area contributed by atoms with Crippen molar-refractivity contribution in [3.63, 3.8) is 0 Å². The van der Waals surface area contributed by atoms with Gasteiger partial charge in [0.1, 0.15) is 11.9 Å². The Kier molecular flexibility index (Phi) is 4.43. The molecule has 8 heteroatoms. The van der Waals surface area contributed by atoms with Crippen LogP contribution in [0, 0.1) is 5.82 Å². The predicted molar refractivity (Wildman–Crippen MR) is 101 cm³/mol. The fourth-order valence-electron chi connectivity index (χ4n) is 3.45. The van der Waals surface area contributed by atoms with Gasteiger partial charge in [-0.3, -0.25) is 14.4 Å². The molecule has 0 spiro atoms. The lowest BCUT2D eigenvalue weighted by Crippen LogP contribution is -2.45. The molecule has 6 nitrogen and oxygen atoms in total. The van der Waals surface area contributed by atoms with Gasteiger partial charge in [0.15, 0.2) is 0 Å². The van der Waals surface area contributed by atoms with E-state index in [0.717, 1.165) is 5.56 Å². The quantitative estimate of drug-likeness (QED) is 0.766. The lowest BCUT2D eigenvalue weighted by atomic mass is 10.1. The average molecular weight is 432 g/mol. The number of carbonyl (C=O) groups is 3. The van der Waals surface area contributed by atoms with Gasteiger partial charge in [-0.15, -0.1) is 0 Å². The molecule has 0 aromatic heterocycles. The molecular formula is C19H15BrFN3O3. The third-order valence-corrected chi connectivity index (χ3v) is 5.17. The van der Waals surface area contributed by atoms with Gasteiger partial charge in [0.05, 0.1) is 23.4 Å². The first kappa shape index (κ1) is 17.7. The Labute approximate surface area is 162 Å². The maximum Gasteiger partial charge on any atom is 0.254 e. The summed E-state index contributed by atoms with van der Waals surface area (Å²) < 4.78 is 15.0. The van der Waals surface area contributed by atoms with Crippen LogP contribution in [0.3, 0.4) is 0 Å². The molecular weight excluding hydrogens is 417 g/mol. The third-order valence-electron chi connectivity index (χ3n) is 4.71. The highest BCUT2D eigenvalue weighted by Crippen LogP contribution is 2.34. The Morgan fingerprint density at radius 1 is 1.26 bits per heavy atom. The zero-order valence-corrected chi connectivity index (χ0v) is 15.7. The first-order valence-electron chi connectivity index (χ1n) is 8.43. The molecule has 2 aliphatic rings. The Morgan fingerprint density at radius 2 is 2.04 bits per heavy atom. The smallest absolute Gasteiger partial charge is 0.254 e. The second kappa shape index (κ2) is 6.77. The number of anilines is 2. The largest absolute Gasteiger partial charge is 0.340 e. The number of hydrogen-bond acceptors (Lipinski definition) is 3. The number of hydrogen-bond donors (Lipinski definition) is 2. The summed E-state index contributed by atoms with van der Waals surface area (Å²) in [5.41, 5.74) is 1.71. The van der Waals surface area contributed by atoms with Gasteiger partial charge < -0.3 is 15.5 Å². The van der Waals surface area contributed by atoms with Crippen molar-refractivity contribution < 1.29 is 18.8 Å². The minimum absolute atomic E-state index is 0.242. The van der Waals surface area contributed by atoms with Crippen molar-refractivity contribution >= 4 is 45.0 Å². The van der Waals surface area contributed by atoms with E-state index in [9.17, 15) is 18.8 Å². The van der Waals surface area contributed by atoms with Crippen LogP contribution < -0.4 is 15.5 Å². The average Bonchev–Trinajstić information content (AvgIpc) is 3.00. The summed E-state index contributed by atoms with van der Waals surface area (Å²) in [6.07, 6.45) is 0.284. The summed E-state index contributed by atoms with van der Waals surface area (Å²) in [4.78, 5) is 38.9. The van der Waals surface area contributed by atoms with Gasteiger partial charge in [0.25, 0.3) is 5.91 Å². The Morgan fingerprint density at radius 3 is 2.85 bits per heavy atom. The van der Waals surface area contributed by atoms with Crippen LogP contribution in [0.1, 0.15) is 22.3 Å². The van der Waals surface area contributed by atoms with Crippen molar-refractivity contribution in [1.29, 1.82) is 0 Å². The third kappa shape index (κ3) is 3.21. The van der Waals surface area contributed by atoms with Crippen molar-refractivity contribution in [1.82, 2.24) is 5.32 Å². The molecule has 0 aliphatic carbocycles. The van der Waals surface area contributed by atoms with E-state index in [0.29, 0.717) is 28.7 Å². The van der Waals surface area contributed by atoms with Gasteiger partial charge in [0, 0.05) is 11.0 Å². The summed E-state index contributed by atoms with van der Waals surface area (Å²) in [5.74, 6) is -1.82. The number of rotatable bonds is 2. The van der Waals surface area contributed by atoms with Crippen LogP contribution in [0.25, 0.3) is 0 Å². The molecule has 2 aromatic carbocycles. The maximum atomic E-state index is 14.4. The highest BCUT2D eigenvalue weighted by atomic mass is 79.9. The summed E-state index contributed by atoms with van der Waals surface area (Å²) in [5, 5.41) is 5.25. The molecule has 0 bridgehead atoms. The summed E-state index contributed by atoms with van der Waals surface area (Å²) in [6.45, 7) is 0.337. The molecule has 27 heavy (non-hydrogen) atoms. The summed E-state index contributed by atoms with van der Waals surface area (Å²) in [7, 11) is 0. The molecule has 4 rings (SSSR count). The number of carbonyl (C=O) groups excluding carboxylic acids is 3. The number of fused-ring (bicyclic) bond motifs is 2. The molecule has 0 saturated carbocycles. The maximum absolute atomic E-state index is 14.4. The monoisotopic (exact) mass is 431 g/mol. The van der Waals surface area contributed by atoms with Crippen LogP contribution in [-0.4, -0.2) is 30.3 Å². The van der Waals surface area contributed by atoms with Crippen LogP contribution in [0.4, 0.5) is 15.8 Å². The van der Waals surface area contributed by atoms with E-state index in [1.54, 1.807) is 30.3 Å². The fraction of sp³-hybridized carbons (Fsp3) is 0.211. The van der Waals surface area contributed by atoms with Crippen LogP contribution in [0.5, 0.6) is 0 Å². The van der Waals surface area contributed by atoms with E-state index in [1.165, 1.54) is 11.0 Å². The number of benzene rings is 2. The predicted octanol–water partition coefficient (Wildman–Crippen LogP) is 2.62. The van der Waals surface area contributed by atoms with E-state index >= 15 is 0 Å². The van der Waals surface area contributed by atoms with Crippen LogP contribution in [-0.2, 0) is 16.0 Å². The normalized spacial score (nSPS) is 18.3. The number of nitrogens with zero attached hydrogens (tertiary/aromatic N) is 1. The molecule has 2 heterocycles. The second-order valence-electron chi connectivity index (χ2n) is 6.46. The molecule has 0 saturated heterocycles. The summed E-state index contributed by atoms with van der Waals surface area (Å²) in [6, 6.07) is 8.68. The van der Waals surface area contributed by atoms with Gasteiger partial charge in [0.2, 0.25) is 11.8 Å².